The van der Waals surface area contributed by atoms with Crippen molar-refractivity contribution in [2.24, 2.45) is 5.73 Å². The fourth-order valence-electron chi connectivity index (χ4n) is 1.29. The lowest BCUT2D eigenvalue weighted by Gasteiger charge is -2.34. The molecule has 0 radical (unpaired) electrons. The van der Waals surface area contributed by atoms with Gasteiger partial charge in [-0.1, -0.05) is 30.3 Å². The van der Waals surface area contributed by atoms with Crippen LogP contribution in [0.25, 0.3) is 0 Å². The van der Waals surface area contributed by atoms with E-state index in [4.69, 9.17) is 30.3 Å². The highest BCUT2D eigenvalue weighted by atomic mass is 16.5. The van der Waals surface area contributed by atoms with Crippen LogP contribution in [0, 0.1) is 0 Å². The van der Waals surface area contributed by atoms with Gasteiger partial charge in [0.25, 0.3) is 0 Å². The Morgan fingerprint density at radius 2 is 1.71 bits per heavy atom. The fourth-order valence-corrected chi connectivity index (χ4v) is 1.29. The lowest BCUT2D eigenvalue weighted by Crippen LogP contribution is -2.44. The summed E-state index contributed by atoms with van der Waals surface area (Å²) in [5.74, 6) is -3.65. The largest absolute Gasteiger partial charge is 0.473 e. The highest BCUT2D eigenvalue weighted by molar-refractivity contribution is 6.27. The second-order valence-corrected chi connectivity index (χ2v) is 3.44. The molecule has 1 aliphatic heterocycles. The van der Waals surface area contributed by atoms with Gasteiger partial charge in [0.1, 0.15) is 0 Å². The van der Waals surface area contributed by atoms with Crippen LogP contribution in [-0.4, -0.2) is 34.8 Å². The third kappa shape index (κ3) is 3.86. The molecule has 2 atom stereocenters. The molecule has 1 fully saturated rings. The maximum absolute atomic E-state index is 9.10. The van der Waals surface area contributed by atoms with Crippen molar-refractivity contribution in [3.8, 4) is 0 Å². The van der Waals surface area contributed by atoms with Crippen LogP contribution >= 0.6 is 0 Å². The Bertz CT molecular complexity index is 380. The summed E-state index contributed by atoms with van der Waals surface area (Å²) >= 11 is 0. The van der Waals surface area contributed by atoms with Crippen molar-refractivity contribution in [1.29, 1.82) is 0 Å². The Hall–Kier alpha value is -1.92. The summed E-state index contributed by atoms with van der Waals surface area (Å²) in [5, 5.41) is 14.8. The van der Waals surface area contributed by atoms with E-state index in [9.17, 15) is 0 Å². The Morgan fingerprint density at radius 1 is 1.18 bits per heavy atom. The summed E-state index contributed by atoms with van der Waals surface area (Å²) in [6, 6.07) is 10.3. The van der Waals surface area contributed by atoms with Crippen molar-refractivity contribution < 1.29 is 24.5 Å². The van der Waals surface area contributed by atoms with Crippen LogP contribution in [0.15, 0.2) is 30.3 Å². The van der Waals surface area contributed by atoms with E-state index in [1.807, 2.05) is 30.3 Å². The molecule has 1 aromatic carbocycles. The van der Waals surface area contributed by atoms with Crippen molar-refractivity contribution in [3.05, 3.63) is 35.9 Å². The fraction of sp³-hybridized carbons (Fsp3) is 0.273. The molecule has 0 spiro atoms. The van der Waals surface area contributed by atoms with Gasteiger partial charge in [-0.25, -0.2) is 9.59 Å². The average molecular weight is 239 g/mol. The first-order chi connectivity index (χ1) is 8.02. The standard InChI is InChI=1S/C9H11NO.C2H2O4/c10-8-6-11-9(8)7-4-2-1-3-5-7;3-1(4)2(5)6/h1-5,8-9H,6,10H2;(H,3,4)(H,5,6)/t8-,9+;/m0./s1. The molecule has 0 saturated carbocycles. The lowest BCUT2D eigenvalue weighted by molar-refractivity contribution is -0.159. The lowest BCUT2D eigenvalue weighted by atomic mass is 9.99. The van der Waals surface area contributed by atoms with Gasteiger partial charge in [0.2, 0.25) is 0 Å². The minimum atomic E-state index is -1.82. The highest BCUT2D eigenvalue weighted by Crippen LogP contribution is 2.27. The highest BCUT2D eigenvalue weighted by Gasteiger charge is 2.29. The summed E-state index contributed by atoms with van der Waals surface area (Å²) in [6.45, 7) is 0.694. The Labute approximate surface area is 97.6 Å². The Balaban J connectivity index is 0.000000209. The third-order valence-electron chi connectivity index (χ3n) is 2.17. The number of nitrogens with two attached hydrogens (primary N) is 1. The van der Waals surface area contributed by atoms with Crippen molar-refractivity contribution in [3.63, 3.8) is 0 Å². The molecular weight excluding hydrogens is 226 g/mol. The first-order valence-electron chi connectivity index (χ1n) is 4.90. The van der Waals surface area contributed by atoms with E-state index in [1.54, 1.807) is 0 Å². The number of carboxylic acids is 2. The molecular formula is C11H13NO5. The molecule has 0 amide bonds. The predicted molar refractivity (Wildman–Crippen MR) is 58.4 cm³/mol. The van der Waals surface area contributed by atoms with Crippen molar-refractivity contribution in [1.82, 2.24) is 0 Å². The molecule has 4 N–H and O–H groups in total. The van der Waals surface area contributed by atoms with Gasteiger partial charge in [-0.3, -0.25) is 0 Å². The third-order valence-corrected chi connectivity index (χ3v) is 2.17. The van der Waals surface area contributed by atoms with Crippen LogP contribution in [0.1, 0.15) is 11.7 Å². The molecule has 1 aromatic rings. The molecule has 1 aliphatic rings. The molecule has 1 heterocycles. The van der Waals surface area contributed by atoms with Crippen LogP contribution in [0.5, 0.6) is 0 Å². The van der Waals surface area contributed by atoms with Crippen LogP contribution < -0.4 is 5.73 Å². The summed E-state index contributed by atoms with van der Waals surface area (Å²) in [4.78, 5) is 18.2. The summed E-state index contributed by atoms with van der Waals surface area (Å²) in [7, 11) is 0. The van der Waals surface area contributed by atoms with Gasteiger partial charge in [0, 0.05) is 0 Å². The second kappa shape index (κ2) is 5.97. The van der Waals surface area contributed by atoms with Gasteiger partial charge in [0.15, 0.2) is 0 Å². The first-order valence-corrected chi connectivity index (χ1v) is 4.90. The van der Waals surface area contributed by atoms with Crippen LogP contribution in [0.2, 0.25) is 0 Å². The van der Waals surface area contributed by atoms with Crippen LogP contribution in [0.3, 0.4) is 0 Å². The molecule has 92 valence electrons. The number of hydrogen-bond donors (Lipinski definition) is 3. The van der Waals surface area contributed by atoms with E-state index in [0.29, 0.717) is 6.61 Å². The SMILES string of the molecule is N[C@H]1CO[C@@H]1c1ccccc1.O=C(O)C(=O)O. The average Bonchev–Trinajstić information content (AvgIpc) is 2.29. The van der Waals surface area contributed by atoms with Gasteiger partial charge < -0.3 is 20.7 Å². The number of carboxylic acid groups (broad SMARTS) is 2. The molecule has 6 nitrogen and oxygen atoms in total. The Morgan fingerprint density at radius 3 is 2.00 bits per heavy atom. The zero-order chi connectivity index (χ0) is 12.8. The molecule has 0 bridgehead atoms. The van der Waals surface area contributed by atoms with Crippen LogP contribution in [0.4, 0.5) is 0 Å². The molecule has 2 rings (SSSR count). The number of ether oxygens (including phenoxy) is 1. The summed E-state index contributed by atoms with van der Waals surface area (Å²) in [6.07, 6.45) is 0.135. The zero-order valence-corrected chi connectivity index (χ0v) is 8.95. The topological polar surface area (TPSA) is 110 Å². The van der Waals surface area contributed by atoms with Crippen molar-refractivity contribution in [2.45, 2.75) is 12.1 Å². The quantitative estimate of drug-likeness (QED) is 0.605. The molecule has 0 aromatic heterocycles. The van der Waals surface area contributed by atoms with E-state index >= 15 is 0 Å². The monoisotopic (exact) mass is 239 g/mol. The van der Waals surface area contributed by atoms with E-state index in [1.165, 1.54) is 5.56 Å². The van der Waals surface area contributed by atoms with Gasteiger partial charge in [-0.15, -0.1) is 0 Å². The molecule has 0 aliphatic carbocycles. The van der Waals surface area contributed by atoms with E-state index in [2.05, 4.69) is 0 Å². The normalized spacial score (nSPS) is 21.7. The maximum atomic E-state index is 9.10. The smallest absolute Gasteiger partial charge is 0.414 e. The number of aliphatic carboxylic acids is 2. The summed E-state index contributed by atoms with van der Waals surface area (Å²) in [5.41, 5.74) is 6.92. The minimum absolute atomic E-state index is 0.135. The zero-order valence-electron chi connectivity index (χ0n) is 8.95. The number of carbonyl (C=O) groups is 2. The van der Waals surface area contributed by atoms with E-state index < -0.39 is 11.9 Å². The van der Waals surface area contributed by atoms with Gasteiger partial charge in [0.05, 0.1) is 18.8 Å². The Kier molecular flexibility index (Phi) is 4.62. The van der Waals surface area contributed by atoms with E-state index in [0.717, 1.165) is 0 Å². The number of benzene rings is 1. The van der Waals surface area contributed by atoms with Crippen molar-refractivity contribution in [2.75, 3.05) is 6.61 Å². The van der Waals surface area contributed by atoms with Gasteiger partial charge in [-0.2, -0.15) is 0 Å². The maximum Gasteiger partial charge on any atom is 0.414 e. The first kappa shape index (κ1) is 13.1. The summed E-state index contributed by atoms with van der Waals surface area (Å²) < 4.78 is 5.30. The number of rotatable bonds is 1. The number of hydrogen-bond acceptors (Lipinski definition) is 4. The predicted octanol–water partition coefficient (Wildman–Crippen LogP) is 0.241. The molecule has 6 heteroatoms. The van der Waals surface area contributed by atoms with Gasteiger partial charge in [-0.05, 0) is 5.56 Å². The second-order valence-electron chi connectivity index (χ2n) is 3.44. The van der Waals surface area contributed by atoms with Gasteiger partial charge >= 0.3 is 11.9 Å². The molecule has 17 heavy (non-hydrogen) atoms. The van der Waals surface area contributed by atoms with Crippen LogP contribution in [-0.2, 0) is 14.3 Å². The minimum Gasteiger partial charge on any atom is -0.473 e. The molecule has 1 saturated heterocycles. The molecule has 0 unspecified atom stereocenters. The van der Waals surface area contributed by atoms with E-state index in [-0.39, 0.29) is 12.1 Å². The van der Waals surface area contributed by atoms with Crippen molar-refractivity contribution >= 4 is 11.9 Å².